The number of hydrogen-bond donors (Lipinski definition) is 2. The van der Waals surface area contributed by atoms with Crippen molar-refractivity contribution in [2.45, 2.75) is 19.1 Å². The number of carbonyl (C=O) groups is 1. The summed E-state index contributed by atoms with van der Waals surface area (Å²) in [5, 5.41) is 9.51. The van der Waals surface area contributed by atoms with Crippen LogP contribution in [0.25, 0.3) is 0 Å². The van der Waals surface area contributed by atoms with Gasteiger partial charge >= 0.3 is 0 Å². The van der Waals surface area contributed by atoms with Gasteiger partial charge in [-0.3, -0.25) is 9.69 Å². The van der Waals surface area contributed by atoms with E-state index in [2.05, 4.69) is 6.07 Å². The van der Waals surface area contributed by atoms with Crippen molar-refractivity contribution in [2.24, 2.45) is 5.73 Å². The molecule has 104 valence electrons. The molecule has 1 aromatic rings. The Morgan fingerprint density at radius 3 is 2.95 bits per heavy atom. The molecule has 5 heteroatoms. The zero-order chi connectivity index (χ0) is 14.0. The molecular weight excluding hydrogens is 242 g/mol. The van der Waals surface area contributed by atoms with Crippen molar-refractivity contribution in [3.8, 4) is 0 Å². The van der Waals surface area contributed by atoms with Crippen LogP contribution in [0.15, 0.2) is 18.2 Å². The van der Waals surface area contributed by atoms with Crippen molar-refractivity contribution in [2.75, 3.05) is 32.1 Å². The number of amides is 1. The van der Waals surface area contributed by atoms with Gasteiger partial charge in [0, 0.05) is 32.4 Å². The summed E-state index contributed by atoms with van der Waals surface area (Å²) in [5.41, 5.74) is 8.62. The number of nitrogens with two attached hydrogens (primary N) is 1. The Morgan fingerprint density at radius 1 is 1.53 bits per heavy atom. The van der Waals surface area contributed by atoms with Crippen LogP contribution >= 0.6 is 0 Å². The van der Waals surface area contributed by atoms with Gasteiger partial charge in [0.1, 0.15) is 0 Å². The van der Waals surface area contributed by atoms with E-state index in [-0.39, 0.29) is 12.5 Å². The first-order chi connectivity index (χ1) is 9.01. The second kappa shape index (κ2) is 5.69. The van der Waals surface area contributed by atoms with Crippen LogP contribution in [0.1, 0.15) is 11.1 Å². The van der Waals surface area contributed by atoms with Gasteiger partial charge in [-0.25, -0.2) is 0 Å². The van der Waals surface area contributed by atoms with Crippen LogP contribution in [-0.4, -0.2) is 49.2 Å². The van der Waals surface area contributed by atoms with E-state index < -0.39 is 6.10 Å². The Hall–Kier alpha value is -1.43. The molecule has 1 aromatic carbocycles. The van der Waals surface area contributed by atoms with Crippen LogP contribution in [0, 0.1) is 0 Å². The molecular formula is C14H21N3O2. The maximum Gasteiger partial charge on any atom is 0.231 e. The highest BCUT2D eigenvalue weighted by Crippen LogP contribution is 2.28. The van der Waals surface area contributed by atoms with Gasteiger partial charge in [-0.15, -0.1) is 0 Å². The van der Waals surface area contributed by atoms with Gasteiger partial charge in [0.15, 0.2) is 0 Å². The maximum atomic E-state index is 11.6. The third kappa shape index (κ3) is 3.12. The summed E-state index contributed by atoms with van der Waals surface area (Å²) in [7, 11) is 3.75. The fourth-order valence-corrected chi connectivity index (χ4v) is 2.43. The lowest BCUT2D eigenvalue weighted by molar-refractivity contribution is -0.117. The molecule has 2 rings (SSSR count). The number of carbonyl (C=O) groups excluding carboxylic acids is 1. The van der Waals surface area contributed by atoms with Crippen LogP contribution in [-0.2, 0) is 17.8 Å². The molecule has 0 aromatic heterocycles. The van der Waals surface area contributed by atoms with Crippen molar-refractivity contribution in [1.82, 2.24) is 4.90 Å². The minimum atomic E-state index is -0.493. The van der Waals surface area contributed by atoms with Crippen molar-refractivity contribution in [3.63, 3.8) is 0 Å². The van der Waals surface area contributed by atoms with Gasteiger partial charge in [0.05, 0.1) is 12.5 Å². The minimum absolute atomic E-state index is 0.138. The second-order valence-corrected chi connectivity index (χ2v) is 5.18. The van der Waals surface area contributed by atoms with Crippen molar-refractivity contribution < 1.29 is 9.90 Å². The Labute approximate surface area is 113 Å². The van der Waals surface area contributed by atoms with Crippen molar-refractivity contribution >= 4 is 11.6 Å². The van der Waals surface area contributed by atoms with E-state index in [0.717, 1.165) is 23.4 Å². The van der Waals surface area contributed by atoms with Crippen LogP contribution in [0.5, 0.6) is 0 Å². The summed E-state index contributed by atoms with van der Waals surface area (Å²) in [4.78, 5) is 15.3. The quantitative estimate of drug-likeness (QED) is 0.782. The standard InChI is InChI=1S/C14H21N3O2/c1-16(9-12(18)7-15)8-10-3-4-13-11(5-10)6-14(19)17(13)2/h3-5,12,18H,6-9,15H2,1-2H3. The lowest BCUT2D eigenvalue weighted by atomic mass is 10.1. The zero-order valence-electron chi connectivity index (χ0n) is 11.5. The molecule has 0 aliphatic carbocycles. The van der Waals surface area contributed by atoms with Crippen LogP contribution in [0.3, 0.4) is 0 Å². The Morgan fingerprint density at radius 2 is 2.26 bits per heavy atom. The highest BCUT2D eigenvalue weighted by atomic mass is 16.3. The molecule has 3 N–H and O–H groups in total. The van der Waals surface area contributed by atoms with Crippen LogP contribution in [0.2, 0.25) is 0 Å². The molecule has 0 bridgehead atoms. The predicted molar refractivity (Wildman–Crippen MR) is 75.0 cm³/mol. The largest absolute Gasteiger partial charge is 0.390 e. The molecule has 1 atom stereocenters. The molecule has 1 heterocycles. The summed E-state index contributed by atoms with van der Waals surface area (Å²) in [6.07, 6.45) is -0.0124. The van der Waals surface area contributed by atoms with Gasteiger partial charge < -0.3 is 15.7 Å². The molecule has 0 saturated heterocycles. The molecule has 19 heavy (non-hydrogen) atoms. The first-order valence-electron chi connectivity index (χ1n) is 6.46. The van der Waals surface area contributed by atoms with Crippen LogP contribution in [0.4, 0.5) is 5.69 Å². The molecule has 0 spiro atoms. The average Bonchev–Trinajstić information content (AvgIpc) is 2.64. The maximum absolute atomic E-state index is 11.6. The molecule has 5 nitrogen and oxygen atoms in total. The monoisotopic (exact) mass is 263 g/mol. The van der Waals surface area contributed by atoms with Gasteiger partial charge in [-0.05, 0) is 24.2 Å². The van der Waals surface area contributed by atoms with Gasteiger partial charge in [0.2, 0.25) is 5.91 Å². The fourth-order valence-electron chi connectivity index (χ4n) is 2.43. The van der Waals surface area contributed by atoms with E-state index in [1.807, 2.05) is 24.1 Å². The number of benzene rings is 1. The van der Waals surface area contributed by atoms with E-state index in [1.54, 1.807) is 11.9 Å². The number of anilines is 1. The summed E-state index contributed by atoms with van der Waals surface area (Å²) < 4.78 is 0. The highest BCUT2D eigenvalue weighted by Gasteiger charge is 2.23. The molecule has 0 radical (unpaired) electrons. The molecule has 1 unspecified atom stereocenters. The molecule has 0 saturated carbocycles. The van der Waals surface area contributed by atoms with Gasteiger partial charge in [-0.2, -0.15) is 0 Å². The van der Waals surface area contributed by atoms with E-state index in [4.69, 9.17) is 5.73 Å². The first-order valence-corrected chi connectivity index (χ1v) is 6.46. The fraction of sp³-hybridized carbons (Fsp3) is 0.500. The summed E-state index contributed by atoms with van der Waals surface area (Å²) in [6.45, 7) is 1.56. The predicted octanol–water partition coefficient (Wildman–Crippen LogP) is -0.0431. The first kappa shape index (κ1) is 14.0. The summed E-state index contributed by atoms with van der Waals surface area (Å²) in [6, 6.07) is 6.09. The average molecular weight is 263 g/mol. The number of nitrogens with zero attached hydrogens (tertiary/aromatic N) is 2. The number of fused-ring (bicyclic) bond motifs is 1. The Kier molecular flexibility index (Phi) is 4.19. The normalized spacial score (nSPS) is 16.1. The van der Waals surface area contributed by atoms with Gasteiger partial charge in [-0.1, -0.05) is 12.1 Å². The summed E-state index contributed by atoms with van der Waals surface area (Å²) in [5.74, 6) is 0.138. The third-order valence-corrected chi connectivity index (χ3v) is 3.47. The molecule has 1 amide bonds. The molecule has 0 fully saturated rings. The smallest absolute Gasteiger partial charge is 0.231 e. The Balaban J connectivity index is 2.04. The number of aliphatic hydroxyl groups excluding tert-OH is 1. The minimum Gasteiger partial charge on any atom is -0.390 e. The van der Waals surface area contributed by atoms with Gasteiger partial charge in [0.25, 0.3) is 0 Å². The lowest BCUT2D eigenvalue weighted by Crippen LogP contribution is -2.33. The number of hydrogen-bond acceptors (Lipinski definition) is 4. The van der Waals surface area contributed by atoms with Crippen LogP contribution < -0.4 is 10.6 Å². The topological polar surface area (TPSA) is 69.8 Å². The third-order valence-electron chi connectivity index (χ3n) is 3.47. The molecule has 1 aliphatic heterocycles. The van der Waals surface area contributed by atoms with E-state index in [9.17, 15) is 9.90 Å². The zero-order valence-corrected chi connectivity index (χ0v) is 11.5. The number of likely N-dealkylation sites (N-methyl/N-ethyl adjacent to an activating group) is 2. The lowest BCUT2D eigenvalue weighted by Gasteiger charge is -2.20. The van der Waals surface area contributed by atoms with E-state index >= 15 is 0 Å². The number of rotatable bonds is 5. The summed E-state index contributed by atoms with van der Waals surface area (Å²) >= 11 is 0. The molecule has 1 aliphatic rings. The Bertz CT molecular complexity index is 476. The number of aliphatic hydroxyl groups is 1. The van der Waals surface area contributed by atoms with E-state index in [1.165, 1.54) is 0 Å². The SMILES string of the molecule is CN(Cc1ccc2c(c1)CC(=O)N2C)CC(O)CN. The van der Waals surface area contributed by atoms with Crippen molar-refractivity contribution in [3.05, 3.63) is 29.3 Å². The highest BCUT2D eigenvalue weighted by molar-refractivity contribution is 6.00. The van der Waals surface area contributed by atoms with E-state index in [0.29, 0.717) is 13.0 Å². The van der Waals surface area contributed by atoms with Crippen molar-refractivity contribution in [1.29, 1.82) is 0 Å². The second-order valence-electron chi connectivity index (χ2n) is 5.18.